The Bertz CT molecular complexity index is 501. The van der Waals surface area contributed by atoms with Crippen LogP contribution in [0, 0.1) is 5.82 Å². The Morgan fingerprint density at radius 1 is 1.29 bits per heavy atom. The minimum absolute atomic E-state index is 0.184. The van der Waals surface area contributed by atoms with Gasteiger partial charge in [-0.2, -0.15) is 0 Å². The first-order chi connectivity index (χ1) is 8.16. The van der Waals surface area contributed by atoms with E-state index in [1.165, 1.54) is 6.07 Å². The van der Waals surface area contributed by atoms with Gasteiger partial charge in [0.15, 0.2) is 5.82 Å². The van der Waals surface area contributed by atoms with Crippen molar-refractivity contribution in [2.75, 3.05) is 0 Å². The second kappa shape index (κ2) is 5.22. The van der Waals surface area contributed by atoms with Gasteiger partial charge in [0.25, 0.3) is 6.43 Å². The number of aromatic amines is 1. The highest BCUT2D eigenvalue weighted by Crippen LogP contribution is 2.22. The maximum absolute atomic E-state index is 13.2. The number of halogens is 3. The molecule has 1 aromatic heterocycles. The third-order valence-electron chi connectivity index (χ3n) is 2.00. The lowest BCUT2D eigenvalue weighted by Gasteiger charge is -1.99. The Labute approximate surface area is 99.5 Å². The Morgan fingerprint density at radius 2 is 2.06 bits per heavy atom. The zero-order valence-electron chi connectivity index (χ0n) is 8.53. The van der Waals surface area contributed by atoms with Crippen LogP contribution < -0.4 is 0 Å². The lowest BCUT2D eigenvalue weighted by atomic mass is 10.2. The standard InChI is InChI=1S/C10H8F3N3S/c11-7-4-2-1-3-6(7)5-17-10-14-9(8(12)13)15-16-10/h1-4,8H,5H2,(H,14,15,16). The molecule has 0 amide bonds. The van der Waals surface area contributed by atoms with Gasteiger partial charge in [-0.3, -0.25) is 5.10 Å². The van der Waals surface area contributed by atoms with Crippen molar-refractivity contribution in [3.05, 3.63) is 41.5 Å². The first-order valence-electron chi connectivity index (χ1n) is 4.73. The van der Waals surface area contributed by atoms with Crippen LogP contribution in [-0.2, 0) is 5.75 Å². The van der Waals surface area contributed by atoms with Crippen molar-refractivity contribution in [3.63, 3.8) is 0 Å². The molecule has 0 atom stereocenters. The van der Waals surface area contributed by atoms with E-state index < -0.39 is 12.2 Å². The number of benzene rings is 1. The van der Waals surface area contributed by atoms with Gasteiger partial charge >= 0.3 is 0 Å². The van der Waals surface area contributed by atoms with E-state index >= 15 is 0 Å². The van der Waals surface area contributed by atoms with Gasteiger partial charge in [0, 0.05) is 5.75 Å². The second-order valence-corrected chi connectivity index (χ2v) is 4.13. The highest BCUT2D eigenvalue weighted by Gasteiger charge is 2.13. The molecule has 0 saturated heterocycles. The van der Waals surface area contributed by atoms with E-state index in [1.807, 2.05) is 0 Å². The van der Waals surface area contributed by atoms with E-state index in [-0.39, 0.29) is 11.0 Å². The van der Waals surface area contributed by atoms with E-state index in [1.54, 1.807) is 18.2 Å². The lowest BCUT2D eigenvalue weighted by molar-refractivity contribution is 0.140. The van der Waals surface area contributed by atoms with Crippen LogP contribution >= 0.6 is 11.8 Å². The van der Waals surface area contributed by atoms with Crippen LogP contribution in [0.5, 0.6) is 0 Å². The fourth-order valence-corrected chi connectivity index (χ4v) is 1.97. The number of thioether (sulfide) groups is 1. The largest absolute Gasteiger partial charge is 0.296 e. The van der Waals surface area contributed by atoms with Crippen LogP contribution in [0.4, 0.5) is 13.2 Å². The zero-order chi connectivity index (χ0) is 12.3. The van der Waals surface area contributed by atoms with Gasteiger partial charge in [-0.1, -0.05) is 30.0 Å². The van der Waals surface area contributed by atoms with Crippen LogP contribution in [0.1, 0.15) is 17.8 Å². The molecule has 0 unspecified atom stereocenters. The number of nitrogens with one attached hydrogen (secondary N) is 1. The smallest absolute Gasteiger partial charge is 0.257 e. The van der Waals surface area contributed by atoms with Crippen molar-refractivity contribution >= 4 is 11.8 Å². The minimum atomic E-state index is -2.68. The van der Waals surface area contributed by atoms with Crippen molar-refractivity contribution in [2.24, 2.45) is 0 Å². The summed E-state index contributed by atoms with van der Waals surface area (Å²) >= 11 is 1.10. The fraction of sp³-hybridized carbons (Fsp3) is 0.200. The number of hydrogen-bond donors (Lipinski definition) is 1. The van der Waals surface area contributed by atoms with Crippen LogP contribution in [-0.4, -0.2) is 15.2 Å². The maximum Gasteiger partial charge on any atom is 0.296 e. The van der Waals surface area contributed by atoms with E-state index in [0.717, 1.165) is 11.8 Å². The summed E-state index contributed by atoms with van der Waals surface area (Å²) in [5, 5.41) is 5.92. The highest BCUT2D eigenvalue weighted by atomic mass is 32.2. The average molecular weight is 259 g/mol. The molecule has 2 rings (SSSR count). The molecule has 0 aliphatic rings. The number of alkyl halides is 2. The summed E-state index contributed by atoms with van der Waals surface area (Å²) in [6, 6.07) is 6.27. The zero-order valence-corrected chi connectivity index (χ0v) is 9.35. The highest BCUT2D eigenvalue weighted by molar-refractivity contribution is 7.98. The molecule has 0 fully saturated rings. The van der Waals surface area contributed by atoms with Gasteiger partial charge in [-0.15, -0.1) is 5.10 Å². The van der Waals surface area contributed by atoms with Gasteiger partial charge in [-0.25, -0.2) is 18.2 Å². The maximum atomic E-state index is 13.2. The van der Waals surface area contributed by atoms with Gasteiger partial charge < -0.3 is 0 Å². The lowest BCUT2D eigenvalue weighted by Crippen LogP contribution is -1.87. The molecule has 0 spiro atoms. The van der Waals surface area contributed by atoms with Crippen molar-refractivity contribution in [3.8, 4) is 0 Å². The number of rotatable bonds is 4. The number of aromatic nitrogens is 3. The number of H-pyrrole nitrogens is 1. The predicted molar refractivity (Wildman–Crippen MR) is 57.3 cm³/mol. The summed E-state index contributed by atoms with van der Waals surface area (Å²) in [6.07, 6.45) is -2.68. The van der Waals surface area contributed by atoms with E-state index in [9.17, 15) is 13.2 Å². The van der Waals surface area contributed by atoms with Gasteiger partial charge in [0.05, 0.1) is 0 Å². The molecule has 0 aliphatic carbocycles. The molecular weight excluding hydrogens is 251 g/mol. The van der Waals surface area contributed by atoms with E-state index in [0.29, 0.717) is 11.3 Å². The number of hydrogen-bond acceptors (Lipinski definition) is 3. The first-order valence-corrected chi connectivity index (χ1v) is 5.72. The van der Waals surface area contributed by atoms with Crippen molar-refractivity contribution in [2.45, 2.75) is 17.3 Å². The summed E-state index contributed by atoms with van der Waals surface area (Å²) in [5.41, 5.74) is 0.487. The summed E-state index contributed by atoms with van der Waals surface area (Å²) in [6.45, 7) is 0. The van der Waals surface area contributed by atoms with Crippen molar-refractivity contribution in [1.29, 1.82) is 0 Å². The van der Waals surface area contributed by atoms with Crippen LogP contribution in [0.2, 0.25) is 0 Å². The predicted octanol–water partition coefficient (Wildman–Crippen LogP) is 3.17. The van der Waals surface area contributed by atoms with Crippen molar-refractivity contribution < 1.29 is 13.2 Å². The fourth-order valence-electron chi connectivity index (χ4n) is 1.18. The molecule has 0 aliphatic heterocycles. The quantitative estimate of drug-likeness (QED) is 0.857. The molecule has 90 valence electrons. The first kappa shape index (κ1) is 12.0. The third-order valence-corrected chi connectivity index (χ3v) is 2.90. The molecule has 0 radical (unpaired) electrons. The average Bonchev–Trinajstić information content (AvgIpc) is 2.77. The molecular formula is C10H8F3N3S. The second-order valence-electron chi connectivity index (χ2n) is 3.18. The SMILES string of the molecule is Fc1ccccc1CSc1n[nH]c(C(F)F)n1. The molecule has 1 heterocycles. The van der Waals surface area contributed by atoms with E-state index in [2.05, 4.69) is 15.2 Å². The monoisotopic (exact) mass is 259 g/mol. The summed E-state index contributed by atoms with van der Waals surface area (Å²) in [5.74, 6) is -0.502. The molecule has 2 aromatic rings. The van der Waals surface area contributed by atoms with Crippen LogP contribution in [0.25, 0.3) is 0 Å². The Kier molecular flexibility index (Phi) is 3.68. The number of nitrogens with zero attached hydrogens (tertiary/aromatic N) is 2. The normalized spacial score (nSPS) is 11.1. The van der Waals surface area contributed by atoms with Gasteiger partial charge in [0.2, 0.25) is 5.16 Å². The summed E-state index contributed by atoms with van der Waals surface area (Å²) in [7, 11) is 0. The Hall–Kier alpha value is -1.50. The Morgan fingerprint density at radius 3 is 2.71 bits per heavy atom. The molecule has 0 bridgehead atoms. The van der Waals surface area contributed by atoms with Crippen LogP contribution in [0.15, 0.2) is 29.4 Å². The van der Waals surface area contributed by atoms with Crippen molar-refractivity contribution in [1.82, 2.24) is 15.2 Å². The van der Waals surface area contributed by atoms with Gasteiger partial charge in [-0.05, 0) is 11.6 Å². The summed E-state index contributed by atoms with van der Waals surface area (Å²) in [4.78, 5) is 3.58. The van der Waals surface area contributed by atoms with E-state index in [4.69, 9.17) is 0 Å². The van der Waals surface area contributed by atoms with Gasteiger partial charge in [0.1, 0.15) is 5.82 Å². The molecule has 7 heteroatoms. The molecule has 3 nitrogen and oxygen atoms in total. The molecule has 17 heavy (non-hydrogen) atoms. The molecule has 1 aromatic carbocycles. The topological polar surface area (TPSA) is 41.6 Å². The third kappa shape index (κ3) is 3.00. The van der Waals surface area contributed by atoms with Crippen LogP contribution in [0.3, 0.4) is 0 Å². The molecule has 1 N–H and O–H groups in total. The summed E-state index contributed by atoms with van der Waals surface area (Å²) < 4.78 is 37.7. The molecule has 0 saturated carbocycles. The minimum Gasteiger partial charge on any atom is -0.257 e. The Balaban J connectivity index is 2.00.